The lowest BCUT2D eigenvalue weighted by Gasteiger charge is -2.12. The third kappa shape index (κ3) is 4.88. The Morgan fingerprint density at radius 1 is 1.03 bits per heavy atom. The molecule has 0 aliphatic rings. The molecule has 4 aromatic rings. The molecule has 1 N–H and O–H groups in total. The van der Waals surface area contributed by atoms with Gasteiger partial charge in [0.25, 0.3) is 5.91 Å². The van der Waals surface area contributed by atoms with Crippen molar-refractivity contribution in [3.8, 4) is 11.5 Å². The second-order valence-electron chi connectivity index (χ2n) is 7.03. The molecule has 31 heavy (non-hydrogen) atoms. The number of hydrogen-bond donors (Lipinski definition) is 1. The van der Waals surface area contributed by atoms with Crippen LogP contribution in [0.1, 0.15) is 29.2 Å². The second-order valence-corrected chi connectivity index (χ2v) is 7.03. The largest absolute Gasteiger partial charge is 0.493 e. The van der Waals surface area contributed by atoms with Gasteiger partial charge in [-0.3, -0.25) is 4.79 Å². The van der Waals surface area contributed by atoms with E-state index in [1.54, 1.807) is 19.2 Å². The third-order valence-corrected chi connectivity index (χ3v) is 4.99. The van der Waals surface area contributed by atoms with Gasteiger partial charge >= 0.3 is 0 Å². The van der Waals surface area contributed by atoms with Crippen molar-refractivity contribution in [3.05, 3.63) is 78.5 Å². The maximum absolute atomic E-state index is 12.2. The van der Waals surface area contributed by atoms with Crippen LogP contribution in [-0.2, 0) is 13.1 Å². The molecule has 7 nitrogen and oxygen atoms in total. The molecule has 0 aliphatic carbocycles. The summed E-state index contributed by atoms with van der Waals surface area (Å²) in [7, 11) is 1.64. The number of aryl methyl sites for hydroxylation is 1. The number of methoxy groups -OCH3 is 1. The zero-order valence-electron chi connectivity index (χ0n) is 17.4. The molecule has 0 spiro atoms. The Hall–Kier alpha value is -3.74. The van der Waals surface area contributed by atoms with E-state index in [1.165, 1.54) is 6.26 Å². The van der Waals surface area contributed by atoms with Crippen molar-refractivity contribution >= 4 is 16.9 Å². The summed E-state index contributed by atoms with van der Waals surface area (Å²) in [6.07, 6.45) is 3.27. The van der Waals surface area contributed by atoms with E-state index in [-0.39, 0.29) is 11.7 Å². The van der Waals surface area contributed by atoms with Gasteiger partial charge in [-0.05, 0) is 49.2 Å². The summed E-state index contributed by atoms with van der Waals surface area (Å²) in [6, 6.07) is 19.0. The molecule has 7 heteroatoms. The van der Waals surface area contributed by atoms with Gasteiger partial charge in [-0.2, -0.15) is 0 Å². The van der Waals surface area contributed by atoms with Gasteiger partial charge in [0.2, 0.25) is 0 Å². The number of furan rings is 1. The molecule has 2 heterocycles. The maximum atomic E-state index is 12.2. The van der Waals surface area contributed by atoms with Crippen LogP contribution >= 0.6 is 0 Å². The monoisotopic (exact) mass is 419 g/mol. The van der Waals surface area contributed by atoms with Gasteiger partial charge in [0.1, 0.15) is 5.82 Å². The van der Waals surface area contributed by atoms with Crippen molar-refractivity contribution in [2.75, 3.05) is 13.7 Å². The lowest BCUT2D eigenvalue weighted by Crippen LogP contribution is -2.24. The highest BCUT2D eigenvalue weighted by Gasteiger charge is 2.13. The van der Waals surface area contributed by atoms with E-state index in [0.29, 0.717) is 13.2 Å². The average Bonchev–Trinajstić information content (AvgIpc) is 3.46. The van der Waals surface area contributed by atoms with Crippen LogP contribution in [0.2, 0.25) is 0 Å². The van der Waals surface area contributed by atoms with Gasteiger partial charge in [-0.1, -0.05) is 24.3 Å². The van der Waals surface area contributed by atoms with Gasteiger partial charge in [0.15, 0.2) is 17.3 Å². The fraction of sp³-hybridized carbons (Fsp3) is 0.250. The van der Waals surface area contributed by atoms with Crippen LogP contribution in [0.15, 0.2) is 71.3 Å². The summed E-state index contributed by atoms with van der Waals surface area (Å²) < 4.78 is 18.5. The quantitative estimate of drug-likeness (QED) is 0.385. The van der Waals surface area contributed by atoms with Crippen LogP contribution in [0, 0.1) is 0 Å². The third-order valence-electron chi connectivity index (χ3n) is 4.99. The molecule has 160 valence electrons. The Labute approximate surface area is 180 Å². The Kier molecular flexibility index (Phi) is 6.52. The molecule has 2 aromatic heterocycles. The standard InChI is InChI=1S/C24H25N3O4/c1-29-20-11-4-5-12-21(20)30-15-7-6-14-27-19-10-3-2-9-18(19)26-23(27)17-25-24(28)22-13-8-16-31-22/h2-5,8-13,16H,6-7,14-15,17H2,1H3,(H,25,28). The topological polar surface area (TPSA) is 78.5 Å². The average molecular weight is 419 g/mol. The molecule has 0 atom stereocenters. The zero-order chi connectivity index (χ0) is 21.5. The van der Waals surface area contributed by atoms with Gasteiger partial charge in [0.05, 0.1) is 37.6 Å². The Morgan fingerprint density at radius 2 is 1.84 bits per heavy atom. The fourth-order valence-electron chi connectivity index (χ4n) is 3.46. The molecule has 0 bridgehead atoms. The van der Waals surface area contributed by atoms with Crippen LogP contribution in [-0.4, -0.2) is 29.2 Å². The molecule has 0 unspecified atom stereocenters. The lowest BCUT2D eigenvalue weighted by atomic mass is 10.3. The Morgan fingerprint density at radius 3 is 2.65 bits per heavy atom. The van der Waals surface area contributed by atoms with Gasteiger partial charge in [0, 0.05) is 6.54 Å². The fourth-order valence-corrected chi connectivity index (χ4v) is 3.46. The predicted molar refractivity (Wildman–Crippen MR) is 117 cm³/mol. The number of benzene rings is 2. The summed E-state index contributed by atoms with van der Waals surface area (Å²) in [6.45, 7) is 1.70. The van der Waals surface area contributed by atoms with E-state index in [9.17, 15) is 4.79 Å². The first-order valence-electron chi connectivity index (χ1n) is 10.3. The highest BCUT2D eigenvalue weighted by Crippen LogP contribution is 2.26. The van der Waals surface area contributed by atoms with Gasteiger partial charge in [-0.15, -0.1) is 0 Å². The number of amides is 1. The number of nitrogens with zero attached hydrogens (tertiary/aromatic N) is 2. The van der Waals surface area contributed by atoms with Crippen molar-refractivity contribution in [2.45, 2.75) is 25.9 Å². The molecule has 0 saturated heterocycles. The van der Waals surface area contributed by atoms with Crippen molar-refractivity contribution in [1.82, 2.24) is 14.9 Å². The first-order valence-corrected chi connectivity index (χ1v) is 10.3. The minimum atomic E-state index is -0.256. The molecular weight excluding hydrogens is 394 g/mol. The zero-order valence-corrected chi connectivity index (χ0v) is 17.4. The molecule has 0 fully saturated rings. The summed E-state index contributed by atoms with van der Waals surface area (Å²) >= 11 is 0. The van der Waals surface area contributed by atoms with Gasteiger partial charge < -0.3 is 23.8 Å². The summed E-state index contributed by atoms with van der Waals surface area (Å²) in [5.41, 5.74) is 1.96. The maximum Gasteiger partial charge on any atom is 0.287 e. The number of ether oxygens (including phenoxy) is 2. The van der Waals surface area contributed by atoms with Crippen molar-refractivity contribution in [3.63, 3.8) is 0 Å². The van der Waals surface area contributed by atoms with Crippen molar-refractivity contribution in [1.29, 1.82) is 0 Å². The van der Waals surface area contributed by atoms with Gasteiger partial charge in [-0.25, -0.2) is 4.98 Å². The molecule has 2 aromatic carbocycles. The van der Waals surface area contributed by atoms with E-state index < -0.39 is 0 Å². The number of unbranched alkanes of at least 4 members (excludes halogenated alkanes) is 1. The van der Waals surface area contributed by atoms with E-state index in [2.05, 4.69) is 9.88 Å². The lowest BCUT2D eigenvalue weighted by molar-refractivity contribution is 0.0921. The normalized spacial score (nSPS) is 10.9. The number of fused-ring (bicyclic) bond motifs is 1. The molecule has 0 saturated carbocycles. The van der Waals surface area contributed by atoms with E-state index in [1.807, 2.05) is 48.5 Å². The van der Waals surface area contributed by atoms with Crippen LogP contribution in [0.3, 0.4) is 0 Å². The molecule has 4 rings (SSSR count). The SMILES string of the molecule is COc1ccccc1OCCCCn1c(CNC(=O)c2ccco2)nc2ccccc21. The Balaban J connectivity index is 1.37. The van der Waals surface area contributed by atoms with Crippen molar-refractivity contribution < 1.29 is 18.7 Å². The van der Waals surface area contributed by atoms with Crippen LogP contribution < -0.4 is 14.8 Å². The molecule has 0 aliphatic heterocycles. The predicted octanol–water partition coefficient (Wildman–Crippen LogP) is 4.43. The molecular formula is C24H25N3O4. The second kappa shape index (κ2) is 9.84. The summed E-state index contributed by atoms with van der Waals surface area (Å²) in [5, 5.41) is 2.88. The number of carbonyl (C=O) groups excluding carboxylic acids is 1. The number of nitrogens with one attached hydrogen (secondary N) is 1. The molecule has 0 radical (unpaired) electrons. The number of rotatable bonds is 10. The summed E-state index contributed by atoms with van der Waals surface area (Å²) in [5.74, 6) is 2.33. The van der Waals surface area contributed by atoms with Crippen LogP contribution in [0.5, 0.6) is 11.5 Å². The number of aromatic nitrogens is 2. The minimum absolute atomic E-state index is 0.256. The number of hydrogen-bond acceptors (Lipinski definition) is 5. The number of para-hydroxylation sites is 4. The number of imidazole rings is 1. The van der Waals surface area contributed by atoms with E-state index in [0.717, 1.165) is 47.7 Å². The van der Waals surface area contributed by atoms with Crippen molar-refractivity contribution in [2.24, 2.45) is 0 Å². The smallest absolute Gasteiger partial charge is 0.287 e. The van der Waals surface area contributed by atoms with E-state index >= 15 is 0 Å². The first kappa shape index (κ1) is 20.5. The molecule has 1 amide bonds. The highest BCUT2D eigenvalue weighted by molar-refractivity contribution is 5.91. The first-order chi connectivity index (χ1) is 15.3. The van der Waals surface area contributed by atoms with Crippen LogP contribution in [0.4, 0.5) is 0 Å². The minimum Gasteiger partial charge on any atom is -0.493 e. The van der Waals surface area contributed by atoms with Crippen LogP contribution in [0.25, 0.3) is 11.0 Å². The summed E-state index contributed by atoms with van der Waals surface area (Å²) in [4.78, 5) is 16.9. The Bertz CT molecular complexity index is 1130. The number of carbonyl (C=O) groups is 1. The van der Waals surface area contributed by atoms with E-state index in [4.69, 9.17) is 18.9 Å². The highest BCUT2D eigenvalue weighted by atomic mass is 16.5.